The molecule has 4 rings (SSSR count). The van der Waals surface area contributed by atoms with Crippen molar-refractivity contribution in [2.45, 2.75) is 31.5 Å². The van der Waals surface area contributed by atoms with E-state index in [4.69, 9.17) is 9.73 Å². The summed E-state index contributed by atoms with van der Waals surface area (Å²) < 4.78 is 5.31. The van der Waals surface area contributed by atoms with Crippen LogP contribution in [0.4, 0.5) is 0 Å². The van der Waals surface area contributed by atoms with Crippen molar-refractivity contribution in [1.29, 1.82) is 0 Å². The Kier molecular flexibility index (Phi) is 4.19. The number of rotatable bonds is 4. The fourth-order valence-electron chi connectivity index (χ4n) is 3.51. The largest absolute Gasteiger partial charge is 0.497 e. The van der Waals surface area contributed by atoms with Gasteiger partial charge in [0.15, 0.2) is 5.17 Å². The number of aliphatic imine (C=N–C) groups is 1. The van der Waals surface area contributed by atoms with E-state index in [1.807, 2.05) is 42.2 Å². The average Bonchev–Trinajstić information content (AvgIpc) is 3.21. The molecule has 0 spiro atoms. The summed E-state index contributed by atoms with van der Waals surface area (Å²) in [7, 11) is 1.70. The van der Waals surface area contributed by atoms with Gasteiger partial charge in [-0.3, -0.25) is 9.98 Å². The van der Waals surface area contributed by atoms with Crippen LogP contribution in [0.25, 0.3) is 0 Å². The van der Waals surface area contributed by atoms with Crippen molar-refractivity contribution >= 4 is 16.9 Å². The van der Waals surface area contributed by atoms with Gasteiger partial charge >= 0.3 is 0 Å². The lowest BCUT2D eigenvalue weighted by Gasteiger charge is -2.32. The molecule has 2 aliphatic heterocycles. The minimum atomic E-state index is 0.0523. The summed E-state index contributed by atoms with van der Waals surface area (Å²) in [5.74, 6) is 2.01. The Labute approximate surface area is 147 Å². The fourth-order valence-corrected chi connectivity index (χ4v) is 4.85. The van der Waals surface area contributed by atoms with Crippen LogP contribution in [0.3, 0.4) is 0 Å². The SMILES string of the molecule is CC[C@@H]1CSC2=N[C@H](c3ccccn3)[C@@H](c3ccc(OC)cc3)N21. The number of methoxy groups -OCH3 is 1. The summed E-state index contributed by atoms with van der Waals surface area (Å²) in [5, 5.41) is 1.17. The monoisotopic (exact) mass is 339 g/mol. The van der Waals surface area contributed by atoms with Crippen molar-refractivity contribution < 1.29 is 4.74 Å². The summed E-state index contributed by atoms with van der Waals surface area (Å²) in [6.45, 7) is 2.26. The quantitative estimate of drug-likeness (QED) is 0.841. The molecule has 3 atom stereocenters. The fraction of sp³-hybridized carbons (Fsp3) is 0.368. The second kappa shape index (κ2) is 6.48. The highest BCUT2D eigenvalue weighted by molar-refractivity contribution is 8.14. The van der Waals surface area contributed by atoms with E-state index in [1.54, 1.807) is 7.11 Å². The van der Waals surface area contributed by atoms with E-state index in [0.717, 1.165) is 23.6 Å². The van der Waals surface area contributed by atoms with Gasteiger partial charge in [0.25, 0.3) is 0 Å². The summed E-state index contributed by atoms with van der Waals surface area (Å²) in [6, 6.07) is 15.3. The molecule has 0 unspecified atom stereocenters. The second-order valence-corrected chi connectivity index (χ2v) is 7.10. The first kappa shape index (κ1) is 15.5. The predicted octanol–water partition coefficient (Wildman–Crippen LogP) is 4.07. The van der Waals surface area contributed by atoms with Crippen LogP contribution in [0.15, 0.2) is 53.7 Å². The molecule has 0 amide bonds. The van der Waals surface area contributed by atoms with Crippen molar-refractivity contribution in [3.05, 3.63) is 59.9 Å². The van der Waals surface area contributed by atoms with Crippen LogP contribution < -0.4 is 4.74 Å². The molecule has 1 saturated heterocycles. The van der Waals surface area contributed by atoms with Crippen molar-refractivity contribution in [1.82, 2.24) is 9.88 Å². The molecule has 2 aliphatic rings. The number of hydrogen-bond acceptors (Lipinski definition) is 5. The zero-order chi connectivity index (χ0) is 16.5. The molecule has 1 fully saturated rings. The Morgan fingerprint density at radius 2 is 2.04 bits per heavy atom. The second-order valence-electron chi connectivity index (χ2n) is 6.11. The molecule has 0 bridgehead atoms. The molecule has 0 aliphatic carbocycles. The molecule has 2 aromatic rings. The number of benzene rings is 1. The molecule has 1 aromatic heterocycles. The van der Waals surface area contributed by atoms with Crippen molar-refractivity contribution in [3.8, 4) is 5.75 Å². The average molecular weight is 339 g/mol. The predicted molar refractivity (Wildman–Crippen MR) is 98.5 cm³/mol. The van der Waals surface area contributed by atoms with Gasteiger partial charge in [-0.2, -0.15) is 0 Å². The van der Waals surface area contributed by atoms with Gasteiger partial charge in [-0.25, -0.2) is 0 Å². The van der Waals surface area contributed by atoms with Gasteiger partial charge in [0, 0.05) is 18.0 Å². The van der Waals surface area contributed by atoms with E-state index in [0.29, 0.717) is 6.04 Å². The van der Waals surface area contributed by atoms with Crippen LogP contribution in [-0.4, -0.2) is 34.0 Å². The van der Waals surface area contributed by atoms with Crippen LogP contribution in [0.1, 0.15) is 36.7 Å². The maximum atomic E-state index is 5.31. The van der Waals surface area contributed by atoms with Gasteiger partial charge < -0.3 is 9.64 Å². The Hall–Kier alpha value is -2.01. The van der Waals surface area contributed by atoms with Crippen molar-refractivity contribution in [2.75, 3.05) is 12.9 Å². The molecule has 5 heteroatoms. The summed E-state index contributed by atoms with van der Waals surface area (Å²) >= 11 is 1.87. The Morgan fingerprint density at radius 3 is 2.71 bits per heavy atom. The zero-order valence-electron chi connectivity index (χ0n) is 13.9. The minimum Gasteiger partial charge on any atom is -0.497 e. The molecule has 0 radical (unpaired) electrons. The maximum absolute atomic E-state index is 5.31. The van der Waals surface area contributed by atoms with E-state index in [9.17, 15) is 0 Å². The number of ether oxygens (including phenoxy) is 1. The zero-order valence-corrected chi connectivity index (χ0v) is 14.7. The molecule has 0 saturated carbocycles. The number of aromatic nitrogens is 1. The van der Waals surface area contributed by atoms with Gasteiger partial charge in [0.2, 0.25) is 0 Å². The van der Waals surface area contributed by atoms with E-state index in [-0.39, 0.29) is 12.1 Å². The molecule has 3 heterocycles. The molecule has 4 nitrogen and oxygen atoms in total. The highest BCUT2D eigenvalue weighted by Gasteiger charge is 2.45. The molecule has 124 valence electrons. The van der Waals surface area contributed by atoms with Crippen LogP contribution in [0.5, 0.6) is 5.75 Å². The third-order valence-electron chi connectivity index (χ3n) is 4.79. The van der Waals surface area contributed by atoms with Gasteiger partial charge in [-0.15, -0.1) is 0 Å². The highest BCUT2D eigenvalue weighted by atomic mass is 32.2. The lowest BCUT2D eigenvalue weighted by molar-refractivity contribution is 0.255. The van der Waals surface area contributed by atoms with Crippen molar-refractivity contribution in [3.63, 3.8) is 0 Å². The van der Waals surface area contributed by atoms with Gasteiger partial charge in [0.05, 0.1) is 18.8 Å². The maximum Gasteiger partial charge on any atom is 0.160 e. The minimum absolute atomic E-state index is 0.0523. The van der Waals surface area contributed by atoms with Gasteiger partial charge in [-0.05, 0) is 36.2 Å². The van der Waals surface area contributed by atoms with E-state index >= 15 is 0 Å². The van der Waals surface area contributed by atoms with Crippen LogP contribution >= 0.6 is 11.8 Å². The van der Waals surface area contributed by atoms with E-state index in [2.05, 4.69) is 35.0 Å². The standard InChI is InChI=1S/C19H21N3OS/c1-3-14-12-24-19-21-17(16-6-4-5-11-20-16)18(22(14)19)13-7-9-15(23-2)10-8-13/h4-11,14,17-18H,3,12H2,1-2H3/t14-,17-,18-/m1/s1. The number of fused-ring (bicyclic) bond motifs is 1. The number of pyridine rings is 1. The lowest BCUT2D eigenvalue weighted by atomic mass is 9.95. The first-order valence-electron chi connectivity index (χ1n) is 8.35. The number of nitrogens with zero attached hydrogens (tertiary/aromatic N) is 3. The Morgan fingerprint density at radius 1 is 1.21 bits per heavy atom. The van der Waals surface area contributed by atoms with Crippen LogP contribution in [0.2, 0.25) is 0 Å². The summed E-state index contributed by atoms with van der Waals surface area (Å²) in [6.07, 6.45) is 2.99. The third-order valence-corrected chi connectivity index (χ3v) is 5.91. The third kappa shape index (κ3) is 2.57. The number of amidine groups is 1. The first-order chi connectivity index (χ1) is 11.8. The molecular weight excluding hydrogens is 318 g/mol. The smallest absolute Gasteiger partial charge is 0.160 e. The normalized spacial score (nSPS) is 25.5. The van der Waals surface area contributed by atoms with E-state index < -0.39 is 0 Å². The highest BCUT2D eigenvalue weighted by Crippen LogP contribution is 2.48. The van der Waals surface area contributed by atoms with Crippen molar-refractivity contribution in [2.24, 2.45) is 4.99 Å². The lowest BCUT2D eigenvalue weighted by Crippen LogP contribution is -2.35. The first-order valence-corrected chi connectivity index (χ1v) is 9.34. The molecular formula is C19H21N3OS. The number of hydrogen-bond donors (Lipinski definition) is 0. The summed E-state index contributed by atoms with van der Waals surface area (Å²) in [5.41, 5.74) is 2.31. The van der Waals surface area contributed by atoms with Crippen LogP contribution in [-0.2, 0) is 0 Å². The Balaban J connectivity index is 1.76. The van der Waals surface area contributed by atoms with E-state index in [1.165, 1.54) is 10.7 Å². The number of thioether (sulfide) groups is 1. The van der Waals surface area contributed by atoms with Gasteiger partial charge in [0.1, 0.15) is 11.8 Å². The Bertz CT molecular complexity index is 732. The topological polar surface area (TPSA) is 37.7 Å². The molecule has 0 N–H and O–H groups in total. The van der Waals surface area contributed by atoms with Crippen LogP contribution in [0, 0.1) is 0 Å². The summed E-state index contributed by atoms with van der Waals surface area (Å²) in [4.78, 5) is 12.1. The van der Waals surface area contributed by atoms with Gasteiger partial charge in [-0.1, -0.05) is 36.9 Å². The molecule has 1 aromatic carbocycles. The molecule has 24 heavy (non-hydrogen) atoms.